The predicted octanol–water partition coefficient (Wildman–Crippen LogP) is 3.44. The zero-order chi connectivity index (χ0) is 14.0. The van der Waals surface area contributed by atoms with Crippen LogP contribution in [0.4, 0.5) is 0 Å². The van der Waals surface area contributed by atoms with Gasteiger partial charge < -0.3 is 0 Å². The van der Waals surface area contributed by atoms with E-state index in [0.717, 1.165) is 16.8 Å². The number of ketones is 1. The van der Waals surface area contributed by atoms with Crippen LogP contribution in [0.1, 0.15) is 28.5 Å². The molecule has 1 heterocycles. The molecule has 0 saturated carbocycles. The van der Waals surface area contributed by atoms with Crippen LogP contribution in [-0.2, 0) is 13.5 Å². The average molecular weight is 277 g/mol. The second kappa shape index (κ2) is 5.57. The SMILES string of the molecule is Cc1nn(C)c(Cl)c1CC(C)C(=O)c1ccccc1. The molecule has 0 radical (unpaired) electrons. The molecule has 19 heavy (non-hydrogen) atoms. The molecule has 1 aromatic carbocycles. The number of carbonyl (C=O) groups is 1. The highest BCUT2D eigenvalue weighted by Gasteiger charge is 2.20. The fourth-order valence-electron chi connectivity index (χ4n) is 2.19. The van der Waals surface area contributed by atoms with Crippen molar-refractivity contribution < 1.29 is 4.79 Å². The highest BCUT2D eigenvalue weighted by molar-refractivity contribution is 6.30. The van der Waals surface area contributed by atoms with Crippen LogP contribution >= 0.6 is 11.6 Å². The Bertz CT molecular complexity index is 590. The Morgan fingerprint density at radius 3 is 2.53 bits per heavy atom. The molecule has 2 rings (SSSR count). The summed E-state index contributed by atoms with van der Waals surface area (Å²) in [6.07, 6.45) is 0.617. The summed E-state index contributed by atoms with van der Waals surface area (Å²) in [5.41, 5.74) is 2.59. The molecular weight excluding hydrogens is 260 g/mol. The van der Waals surface area contributed by atoms with E-state index in [2.05, 4.69) is 5.10 Å². The number of benzene rings is 1. The van der Waals surface area contributed by atoms with Crippen molar-refractivity contribution in [1.29, 1.82) is 0 Å². The maximum Gasteiger partial charge on any atom is 0.165 e. The number of halogens is 1. The minimum atomic E-state index is -0.109. The summed E-state index contributed by atoms with van der Waals surface area (Å²) in [6.45, 7) is 3.85. The highest BCUT2D eigenvalue weighted by atomic mass is 35.5. The average Bonchev–Trinajstić information content (AvgIpc) is 2.65. The van der Waals surface area contributed by atoms with Gasteiger partial charge in [0, 0.05) is 24.1 Å². The van der Waals surface area contributed by atoms with E-state index in [1.807, 2.05) is 51.2 Å². The van der Waals surface area contributed by atoms with E-state index in [-0.39, 0.29) is 11.7 Å². The van der Waals surface area contributed by atoms with Crippen LogP contribution in [-0.4, -0.2) is 15.6 Å². The number of aryl methyl sites for hydroxylation is 2. The number of rotatable bonds is 4. The predicted molar refractivity (Wildman–Crippen MR) is 76.6 cm³/mol. The molecule has 1 unspecified atom stereocenters. The Labute approximate surface area is 118 Å². The molecule has 0 spiro atoms. The van der Waals surface area contributed by atoms with Gasteiger partial charge in [0.05, 0.1) is 5.69 Å². The monoisotopic (exact) mass is 276 g/mol. The third-order valence-corrected chi connectivity index (χ3v) is 3.76. The first kappa shape index (κ1) is 13.8. The van der Waals surface area contributed by atoms with E-state index in [1.165, 1.54) is 0 Å². The second-order valence-corrected chi connectivity index (χ2v) is 5.17. The van der Waals surface area contributed by atoms with E-state index in [1.54, 1.807) is 4.68 Å². The second-order valence-electron chi connectivity index (χ2n) is 4.81. The molecule has 1 atom stereocenters. The van der Waals surface area contributed by atoms with Crippen molar-refractivity contribution in [2.45, 2.75) is 20.3 Å². The normalized spacial score (nSPS) is 12.4. The van der Waals surface area contributed by atoms with Crippen LogP contribution in [0, 0.1) is 12.8 Å². The van der Waals surface area contributed by atoms with Crippen LogP contribution in [0.3, 0.4) is 0 Å². The van der Waals surface area contributed by atoms with Gasteiger partial charge in [0.2, 0.25) is 0 Å². The van der Waals surface area contributed by atoms with E-state index in [4.69, 9.17) is 11.6 Å². The van der Waals surface area contributed by atoms with Crippen LogP contribution in [0.25, 0.3) is 0 Å². The van der Waals surface area contributed by atoms with Gasteiger partial charge in [0.15, 0.2) is 5.78 Å². The molecule has 0 amide bonds. The lowest BCUT2D eigenvalue weighted by Gasteiger charge is -2.10. The van der Waals surface area contributed by atoms with Gasteiger partial charge >= 0.3 is 0 Å². The van der Waals surface area contributed by atoms with Gasteiger partial charge in [-0.15, -0.1) is 0 Å². The Hall–Kier alpha value is -1.61. The minimum Gasteiger partial charge on any atom is -0.294 e. The van der Waals surface area contributed by atoms with Crippen LogP contribution in [0.15, 0.2) is 30.3 Å². The van der Waals surface area contributed by atoms with Crippen molar-refractivity contribution in [1.82, 2.24) is 9.78 Å². The van der Waals surface area contributed by atoms with Crippen molar-refractivity contribution >= 4 is 17.4 Å². The molecular formula is C15H17ClN2O. The standard InChI is InChI=1S/C15H17ClN2O/c1-10(14(19)12-7-5-4-6-8-12)9-13-11(2)17-18(3)15(13)16/h4-8,10H,9H2,1-3H3. The van der Waals surface area contributed by atoms with E-state index >= 15 is 0 Å². The molecule has 0 N–H and O–H groups in total. The third kappa shape index (κ3) is 2.87. The molecule has 0 aliphatic carbocycles. The number of aromatic nitrogens is 2. The Morgan fingerprint density at radius 1 is 1.37 bits per heavy atom. The summed E-state index contributed by atoms with van der Waals surface area (Å²) in [4.78, 5) is 12.3. The van der Waals surface area contributed by atoms with Crippen LogP contribution in [0.2, 0.25) is 5.15 Å². The van der Waals surface area contributed by atoms with Gasteiger partial charge in [-0.1, -0.05) is 48.9 Å². The summed E-state index contributed by atoms with van der Waals surface area (Å²) >= 11 is 6.20. The smallest absolute Gasteiger partial charge is 0.165 e. The lowest BCUT2D eigenvalue weighted by atomic mass is 9.93. The zero-order valence-electron chi connectivity index (χ0n) is 11.4. The first-order valence-corrected chi connectivity index (χ1v) is 6.65. The largest absolute Gasteiger partial charge is 0.294 e. The third-order valence-electron chi connectivity index (χ3n) is 3.29. The Kier molecular flexibility index (Phi) is 4.05. The Balaban J connectivity index is 2.17. The molecule has 1 aromatic heterocycles. The molecule has 3 nitrogen and oxygen atoms in total. The number of Topliss-reactive ketones (excluding diaryl/α,β-unsaturated/α-hetero) is 1. The molecule has 2 aromatic rings. The fourth-order valence-corrected chi connectivity index (χ4v) is 2.44. The van der Waals surface area contributed by atoms with Crippen LogP contribution in [0.5, 0.6) is 0 Å². The summed E-state index contributed by atoms with van der Waals surface area (Å²) < 4.78 is 1.64. The molecule has 0 aliphatic rings. The van der Waals surface area contributed by atoms with Gasteiger partial charge in [-0.2, -0.15) is 5.10 Å². The van der Waals surface area contributed by atoms with Crippen molar-refractivity contribution in [2.24, 2.45) is 13.0 Å². The van der Waals surface area contributed by atoms with Crippen molar-refractivity contribution in [3.8, 4) is 0 Å². The zero-order valence-corrected chi connectivity index (χ0v) is 12.1. The summed E-state index contributed by atoms with van der Waals surface area (Å²) in [5, 5.41) is 4.89. The van der Waals surface area contributed by atoms with Crippen molar-refractivity contribution in [3.05, 3.63) is 52.3 Å². The molecule has 0 aliphatic heterocycles. The van der Waals surface area contributed by atoms with Gasteiger partial charge in [-0.25, -0.2) is 0 Å². The van der Waals surface area contributed by atoms with E-state index < -0.39 is 0 Å². The molecule has 0 fully saturated rings. The Morgan fingerprint density at radius 2 is 2.00 bits per heavy atom. The van der Waals surface area contributed by atoms with E-state index in [0.29, 0.717) is 11.6 Å². The van der Waals surface area contributed by atoms with Gasteiger partial charge in [-0.3, -0.25) is 9.48 Å². The molecule has 0 saturated heterocycles. The summed E-state index contributed by atoms with van der Waals surface area (Å²) in [7, 11) is 1.81. The van der Waals surface area contributed by atoms with Gasteiger partial charge in [0.25, 0.3) is 0 Å². The quantitative estimate of drug-likeness (QED) is 0.802. The lowest BCUT2D eigenvalue weighted by Crippen LogP contribution is -2.14. The summed E-state index contributed by atoms with van der Waals surface area (Å²) in [5.74, 6) is 0.0303. The number of nitrogens with zero attached hydrogens (tertiary/aromatic N) is 2. The topological polar surface area (TPSA) is 34.9 Å². The van der Waals surface area contributed by atoms with E-state index in [9.17, 15) is 4.79 Å². The maximum absolute atomic E-state index is 12.3. The highest BCUT2D eigenvalue weighted by Crippen LogP contribution is 2.23. The lowest BCUT2D eigenvalue weighted by molar-refractivity contribution is 0.0929. The minimum absolute atomic E-state index is 0.109. The van der Waals surface area contributed by atoms with Crippen molar-refractivity contribution in [3.63, 3.8) is 0 Å². The fraction of sp³-hybridized carbons (Fsp3) is 0.333. The summed E-state index contributed by atoms with van der Waals surface area (Å²) in [6, 6.07) is 9.35. The van der Waals surface area contributed by atoms with Crippen molar-refractivity contribution in [2.75, 3.05) is 0 Å². The van der Waals surface area contributed by atoms with Gasteiger partial charge in [-0.05, 0) is 13.3 Å². The number of hydrogen-bond donors (Lipinski definition) is 0. The molecule has 100 valence electrons. The first-order chi connectivity index (χ1) is 9.00. The number of carbonyl (C=O) groups excluding carboxylic acids is 1. The maximum atomic E-state index is 12.3. The van der Waals surface area contributed by atoms with Crippen LogP contribution < -0.4 is 0 Å². The molecule has 0 bridgehead atoms. The first-order valence-electron chi connectivity index (χ1n) is 6.28. The number of hydrogen-bond acceptors (Lipinski definition) is 2. The molecule has 4 heteroatoms. The van der Waals surface area contributed by atoms with Gasteiger partial charge in [0.1, 0.15) is 5.15 Å².